The van der Waals surface area contributed by atoms with Gasteiger partial charge in [-0.3, -0.25) is 0 Å². The largest absolute Gasteiger partial charge is 0.475 e. The van der Waals surface area contributed by atoms with Crippen LogP contribution in [-0.2, 0) is 6.54 Å². The fourth-order valence-electron chi connectivity index (χ4n) is 0.848. The van der Waals surface area contributed by atoms with Crippen LogP contribution in [0.2, 0.25) is 0 Å². The second-order valence-electron chi connectivity index (χ2n) is 2.08. The van der Waals surface area contributed by atoms with Gasteiger partial charge in [-0.1, -0.05) is 0 Å². The maximum atomic E-state index is 10.5. The Morgan fingerprint density at radius 2 is 2.55 bits per heavy atom. The predicted molar refractivity (Wildman–Crippen MR) is 39.3 cm³/mol. The molecule has 1 aromatic heterocycles. The van der Waals surface area contributed by atoms with Crippen molar-refractivity contribution in [1.29, 1.82) is 0 Å². The maximum Gasteiger partial charge on any atom is 0.372 e. The summed E-state index contributed by atoms with van der Waals surface area (Å²) in [4.78, 5) is 14.1. The molecule has 0 aliphatic rings. The quantitative estimate of drug-likeness (QED) is 0.638. The summed E-state index contributed by atoms with van der Waals surface area (Å²) in [7, 11) is 0. The number of nitrogen functional groups attached to an aromatic ring is 1. The number of rotatable bonds is 2. The molecule has 3 N–H and O–H groups in total. The highest BCUT2D eigenvalue weighted by Crippen LogP contribution is 2.03. The van der Waals surface area contributed by atoms with Gasteiger partial charge in [-0.25, -0.2) is 9.78 Å². The molecule has 11 heavy (non-hydrogen) atoms. The fourth-order valence-corrected chi connectivity index (χ4v) is 0.848. The van der Waals surface area contributed by atoms with Crippen LogP contribution in [0.3, 0.4) is 0 Å². The molecule has 1 aromatic rings. The first-order valence-corrected chi connectivity index (χ1v) is 3.21. The van der Waals surface area contributed by atoms with Crippen LogP contribution >= 0.6 is 0 Å². The monoisotopic (exact) mass is 155 g/mol. The summed E-state index contributed by atoms with van der Waals surface area (Å²) >= 11 is 0. The van der Waals surface area contributed by atoms with Gasteiger partial charge in [0, 0.05) is 12.7 Å². The van der Waals surface area contributed by atoms with E-state index >= 15 is 0 Å². The highest BCUT2D eigenvalue weighted by molar-refractivity contribution is 5.84. The first kappa shape index (κ1) is 7.59. The van der Waals surface area contributed by atoms with Gasteiger partial charge in [0.2, 0.25) is 5.82 Å². The molecule has 0 spiro atoms. The van der Waals surface area contributed by atoms with Gasteiger partial charge < -0.3 is 15.4 Å². The fraction of sp³-hybridized carbons (Fsp3) is 0.333. The zero-order chi connectivity index (χ0) is 8.43. The van der Waals surface area contributed by atoms with E-state index in [1.807, 2.05) is 6.92 Å². The number of nitrogens with zero attached hydrogens (tertiary/aromatic N) is 2. The van der Waals surface area contributed by atoms with E-state index in [1.165, 1.54) is 10.8 Å². The lowest BCUT2D eigenvalue weighted by molar-refractivity contribution is 0.0678. The van der Waals surface area contributed by atoms with Crippen molar-refractivity contribution in [2.75, 3.05) is 5.73 Å². The van der Waals surface area contributed by atoms with E-state index in [4.69, 9.17) is 10.8 Å². The predicted octanol–water partition coefficient (Wildman–Crippen LogP) is 0.183. The average molecular weight is 155 g/mol. The molecule has 5 nitrogen and oxygen atoms in total. The Bertz CT molecular complexity index is 279. The van der Waals surface area contributed by atoms with Crippen LogP contribution in [0, 0.1) is 0 Å². The Labute approximate surface area is 63.5 Å². The van der Waals surface area contributed by atoms with E-state index in [1.54, 1.807) is 0 Å². The van der Waals surface area contributed by atoms with Crippen molar-refractivity contribution in [3.63, 3.8) is 0 Å². The third-order valence-corrected chi connectivity index (χ3v) is 1.33. The van der Waals surface area contributed by atoms with Gasteiger partial charge in [0.1, 0.15) is 5.82 Å². The SMILES string of the molecule is CCn1cc(N)nc1C(=O)O. The van der Waals surface area contributed by atoms with E-state index < -0.39 is 5.97 Å². The van der Waals surface area contributed by atoms with Crippen molar-refractivity contribution in [2.24, 2.45) is 0 Å². The molecule has 0 amide bonds. The number of carboxylic acid groups (broad SMARTS) is 1. The third-order valence-electron chi connectivity index (χ3n) is 1.33. The van der Waals surface area contributed by atoms with Crippen LogP contribution in [0.1, 0.15) is 17.5 Å². The Morgan fingerprint density at radius 3 is 2.91 bits per heavy atom. The van der Waals surface area contributed by atoms with E-state index in [0.717, 1.165) is 0 Å². The van der Waals surface area contributed by atoms with E-state index in [9.17, 15) is 4.79 Å². The first-order chi connectivity index (χ1) is 5.15. The molecule has 0 radical (unpaired) electrons. The molecule has 0 bridgehead atoms. The molecule has 0 aliphatic carbocycles. The topological polar surface area (TPSA) is 81.1 Å². The minimum atomic E-state index is -1.05. The zero-order valence-corrected chi connectivity index (χ0v) is 6.11. The number of imidazole rings is 1. The Morgan fingerprint density at radius 1 is 1.91 bits per heavy atom. The average Bonchev–Trinajstić information content (AvgIpc) is 2.30. The van der Waals surface area contributed by atoms with E-state index in [-0.39, 0.29) is 11.6 Å². The van der Waals surface area contributed by atoms with Crippen molar-refractivity contribution < 1.29 is 9.90 Å². The summed E-state index contributed by atoms with van der Waals surface area (Å²) in [6.45, 7) is 2.39. The standard InChI is InChI=1S/C6H9N3O2/c1-2-9-3-4(7)8-5(9)6(10)11/h3H,2,7H2,1H3,(H,10,11). The number of nitrogens with two attached hydrogens (primary N) is 1. The Balaban J connectivity index is 3.12. The van der Waals surface area contributed by atoms with Gasteiger partial charge in [0.25, 0.3) is 0 Å². The van der Waals surface area contributed by atoms with Crippen LogP contribution in [0.15, 0.2) is 6.20 Å². The van der Waals surface area contributed by atoms with Crippen LogP contribution in [-0.4, -0.2) is 20.6 Å². The molecule has 1 rings (SSSR count). The smallest absolute Gasteiger partial charge is 0.372 e. The lowest BCUT2D eigenvalue weighted by atomic mass is 10.6. The number of aromatic carboxylic acids is 1. The van der Waals surface area contributed by atoms with E-state index in [2.05, 4.69) is 4.98 Å². The number of hydrogen-bond acceptors (Lipinski definition) is 3. The van der Waals surface area contributed by atoms with Crippen molar-refractivity contribution in [2.45, 2.75) is 13.5 Å². The molecular formula is C6H9N3O2. The molecule has 0 saturated heterocycles. The molecule has 0 aromatic carbocycles. The summed E-state index contributed by atoms with van der Waals surface area (Å²) in [5.41, 5.74) is 5.30. The van der Waals surface area contributed by atoms with Crippen molar-refractivity contribution in [3.05, 3.63) is 12.0 Å². The number of aromatic nitrogens is 2. The number of aryl methyl sites for hydroxylation is 1. The van der Waals surface area contributed by atoms with Gasteiger partial charge in [-0.05, 0) is 6.92 Å². The molecule has 5 heteroatoms. The molecule has 0 atom stereocenters. The summed E-state index contributed by atoms with van der Waals surface area (Å²) in [5.74, 6) is -0.821. The molecule has 0 aliphatic heterocycles. The summed E-state index contributed by atoms with van der Waals surface area (Å²) in [6, 6.07) is 0. The third kappa shape index (κ3) is 1.31. The normalized spacial score (nSPS) is 9.91. The Kier molecular flexibility index (Phi) is 1.80. The van der Waals surface area contributed by atoms with Crippen molar-refractivity contribution in [3.8, 4) is 0 Å². The minimum absolute atomic E-state index is 0.00926. The number of anilines is 1. The first-order valence-electron chi connectivity index (χ1n) is 3.21. The lowest BCUT2D eigenvalue weighted by Crippen LogP contribution is -2.07. The molecule has 1 heterocycles. The second kappa shape index (κ2) is 2.61. The Hall–Kier alpha value is -1.52. The van der Waals surface area contributed by atoms with Crippen LogP contribution < -0.4 is 5.73 Å². The summed E-state index contributed by atoms with van der Waals surface area (Å²) < 4.78 is 1.48. The minimum Gasteiger partial charge on any atom is -0.475 e. The molecule has 60 valence electrons. The number of carboxylic acids is 1. The number of hydrogen-bond donors (Lipinski definition) is 2. The molecule has 0 unspecified atom stereocenters. The van der Waals surface area contributed by atoms with E-state index in [0.29, 0.717) is 6.54 Å². The van der Waals surface area contributed by atoms with Gasteiger partial charge in [-0.15, -0.1) is 0 Å². The maximum absolute atomic E-state index is 10.5. The van der Waals surface area contributed by atoms with Crippen LogP contribution in [0.25, 0.3) is 0 Å². The highest BCUT2D eigenvalue weighted by Gasteiger charge is 2.11. The zero-order valence-electron chi connectivity index (χ0n) is 6.11. The van der Waals surface area contributed by atoms with Gasteiger partial charge in [0.15, 0.2) is 0 Å². The van der Waals surface area contributed by atoms with Crippen molar-refractivity contribution >= 4 is 11.8 Å². The van der Waals surface area contributed by atoms with Crippen LogP contribution in [0.5, 0.6) is 0 Å². The summed E-state index contributed by atoms with van der Waals surface area (Å²) in [6.07, 6.45) is 1.50. The second-order valence-corrected chi connectivity index (χ2v) is 2.08. The molecule has 0 fully saturated rings. The highest BCUT2D eigenvalue weighted by atomic mass is 16.4. The van der Waals surface area contributed by atoms with Gasteiger partial charge in [-0.2, -0.15) is 0 Å². The molecule has 0 saturated carbocycles. The molecular weight excluding hydrogens is 146 g/mol. The lowest BCUT2D eigenvalue weighted by Gasteiger charge is -1.96. The van der Waals surface area contributed by atoms with Crippen LogP contribution in [0.4, 0.5) is 5.82 Å². The van der Waals surface area contributed by atoms with Crippen molar-refractivity contribution in [1.82, 2.24) is 9.55 Å². The summed E-state index contributed by atoms with van der Waals surface area (Å²) in [5, 5.41) is 8.57. The van der Waals surface area contributed by atoms with Gasteiger partial charge in [0.05, 0.1) is 0 Å². The number of carbonyl (C=O) groups is 1. The van der Waals surface area contributed by atoms with Gasteiger partial charge >= 0.3 is 5.97 Å².